The van der Waals surface area contributed by atoms with E-state index < -0.39 is 0 Å². The van der Waals surface area contributed by atoms with Crippen LogP contribution in [0.2, 0.25) is 0 Å². The van der Waals surface area contributed by atoms with Gasteiger partial charge in [0.2, 0.25) is 5.88 Å². The third-order valence-corrected chi connectivity index (χ3v) is 3.61. The van der Waals surface area contributed by atoms with Crippen molar-refractivity contribution in [3.63, 3.8) is 0 Å². The van der Waals surface area contributed by atoms with Gasteiger partial charge in [-0.1, -0.05) is 0 Å². The summed E-state index contributed by atoms with van der Waals surface area (Å²) in [7, 11) is 0. The molecule has 0 aliphatic heterocycles. The van der Waals surface area contributed by atoms with Crippen LogP contribution < -0.4 is 10.5 Å². The Bertz CT molecular complexity index is 938. The average molecular weight is 322 g/mol. The molecule has 0 saturated carbocycles. The van der Waals surface area contributed by atoms with Gasteiger partial charge in [0, 0.05) is 12.2 Å². The number of ether oxygens (including phenoxy) is 1. The Hall–Kier alpha value is -3.14. The third kappa shape index (κ3) is 2.63. The summed E-state index contributed by atoms with van der Waals surface area (Å²) in [6.07, 6.45) is 3.17. The highest BCUT2D eigenvalue weighted by molar-refractivity contribution is 5.90. The molecule has 0 spiro atoms. The number of fused-ring (bicyclic) bond motifs is 1. The van der Waals surface area contributed by atoms with Crippen LogP contribution in [0, 0.1) is 11.3 Å². The molecule has 0 radical (unpaired) electrons. The lowest BCUT2D eigenvalue weighted by atomic mass is 10.1. The van der Waals surface area contributed by atoms with Crippen molar-refractivity contribution in [2.75, 3.05) is 12.3 Å². The maximum atomic E-state index is 9.13. The van der Waals surface area contributed by atoms with Crippen molar-refractivity contribution in [1.82, 2.24) is 19.7 Å². The predicted molar refractivity (Wildman–Crippen MR) is 91.4 cm³/mol. The van der Waals surface area contributed by atoms with Crippen molar-refractivity contribution in [2.45, 2.75) is 26.8 Å². The van der Waals surface area contributed by atoms with Gasteiger partial charge in [0.15, 0.2) is 0 Å². The van der Waals surface area contributed by atoms with E-state index in [1.165, 1.54) is 6.20 Å². The molecule has 0 bridgehead atoms. The van der Waals surface area contributed by atoms with Gasteiger partial charge in [-0.05, 0) is 32.9 Å². The second-order valence-corrected chi connectivity index (χ2v) is 5.63. The lowest BCUT2D eigenvalue weighted by Crippen LogP contribution is -2.05. The summed E-state index contributed by atoms with van der Waals surface area (Å²) in [5.74, 6) is 0.430. The second kappa shape index (κ2) is 6.16. The molecule has 0 saturated heterocycles. The van der Waals surface area contributed by atoms with E-state index in [0.717, 1.165) is 5.52 Å². The zero-order valence-corrected chi connectivity index (χ0v) is 13.8. The van der Waals surface area contributed by atoms with Crippen LogP contribution in [0.5, 0.6) is 5.88 Å². The lowest BCUT2D eigenvalue weighted by Gasteiger charge is -2.12. The summed E-state index contributed by atoms with van der Waals surface area (Å²) in [5.41, 5.74) is 10.0. The highest BCUT2D eigenvalue weighted by atomic mass is 16.5. The standard InChI is InChI=1S/C17H18N6O/c1-4-24-17-12(5-11(7-18)8-20-17)14-6-13(19)16-15(22-14)9-21-23(16)10(2)3/h5-6,8-10H,4H2,1-3H3,(H2,19,22). The van der Waals surface area contributed by atoms with E-state index in [1.807, 2.05) is 25.5 Å². The molecule has 3 aromatic rings. The van der Waals surface area contributed by atoms with Crippen LogP contribution in [0.3, 0.4) is 0 Å². The molecule has 7 nitrogen and oxygen atoms in total. The van der Waals surface area contributed by atoms with Crippen LogP contribution in [0.4, 0.5) is 5.69 Å². The lowest BCUT2D eigenvalue weighted by molar-refractivity contribution is 0.328. The average Bonchev–Trinajstić information content (AvgIpc) is 3.00. The van der Waals surface area contributed by atoms with Crippen molar-refractivity contribution in [2.24, 2.45) is 0 Å². The summed E-state index contributed by atoms with van der Waals surface area (Å²) in [6, 6.07) is 5.74. The number of nitrogens with zero attached hydrogens (tertiary/aromatic N) is 5. The third-order valence-electron chi connectivity index (χ3n) is 3.61. The monoisotopic (exact) mass is 322 g/mol. The predicted octanol–water partition coefficient (Wildman–Crippen LogP) is 2.93. The SMILES string of the molecule is CCOc1ncc(C#N)cc1-c1cc(N)c2c(cnn2C(C)C)n1. The van der Waals surface area contributed by atoms with E-state index in [1.54, 1.807) is 18.3 Å². The molecule has 0 fully saturated rings. The van der Waals surface area contributed by atoms with Gasteiger partial charge in [0.1, 0.15) is 17.1 Å². The highest BCUT2D eigenvalue weighted by Gasteiger charge is 2.16. The summed E-state index contributed by atoms with van der Waals surface area (Å²) in [5, 5.41) is 13.5. The van der Waals surface area contributed by atoms with Gasteiger partial charge in [0.25, 0.3) is 0 Å². The van der Waals surface area contributed by atoms with Crippen molar-refractivity contribution < 1.29 is 4.74 Å². The number of nitrogen functional groups attached to an aromatic ring is 1. The van der Waals surface area contributed by atoms with Crippen LogP contribution in [0.1, 0.15) is 32.4 Å². The zero-order chi connectivity index (χ0) is 17.3. The Morgan fingerprint density at radius 1 is 1.33 bits per heavy atom. The maximum absolute atomic E-state index is 9.13. The molecule has 0 atom stereocenters. The van der Waals surface area contributed by atoms with Crippen molar-refractivity contribution >= 4 is 16.7 Å². The fourth-order valence-electron chi connectivity index (χ4n) is 2.57. The minimum Gasteiger partial charge on any atom is -0.477 e. The molecule has 7 heteroatoms. The Balaban J connectivity index is 2.22. The molecular weight excluding hydrogens is 304 g/mol. The summed E-state index contributed by atoms with van der Waals surface area (Å²) in [4.78, 5) is 8.85. The molecule has 0 aliphatic carbocycles. The smallest absolute Gasteiger partial charge is 0.222 e. The van der Waals surface area contributed by atoms with Gasteiger partial charge >= 0.3 is 0 Å². The first-order chi connectivity index (χ1) is 11.5. The van der Waals surface area contributed by atoms with Crippen molar-refractivity contribution in [3.05, 3.63) is 30.1 Å². The first-order valence-corrected chi connectivity index (χ1v) is 7.72. The number of rotatable bonds is 4. The minimum absolute atomic E-state index is 0.181. The molecule has 0 unspecified atom stereocenters. The van der Waals surface area contributed by atoms with Crippen LogP contribution in [-0.4, -0.2) is 26.4 Å². The zero-order valence-electron chi connectivity index (χ0n) is 13.8. The van der Waals surface area contributed by atoms with Crippen LogP contribution in [0.15, 0.2) is 24.5 Å². The first-order valence-electron chi connectivity index (χ1n) is 7.72. The van der Waals surface area contributed by atoms with Crippen LogP contribution in [-0.2, 0) is 0 Å². The van der Waals surface area contributed by atoms with Crippen molar-refractivity contribution in [1.29, 1.82) is 5.26 Å². The number of aromatic nitrogens is 4. The molecular formula is C17H18N6O. The topological polar surface area (TPSA) is 103 Å². The molecule has 0 amide bonds. The molecule has 3 aromatic heterocycles. The van der Waals surface area contributed by atoms with E-state index in [4.69, 9.17) is 15.7 Å². The Morgan fingerprint density at radius 3 is 2.79 bits per heavy atom. The van der Waals surface area contributed by atoms with Gasteiger partial charge in [-0.3, -0.25) is 4.68 Å². The summed E-state index contributed by atoms with van der Waals surface area (Å²) in [6.45, 7) is 6.41. The van der Waals surface area contributed by atoms with E-state index in [-0.39, 0.29) is 6.04 Å². The number of anilines is 1. The first kappa shape index (κ1) is 15.7. The number of pyridine rings is 2. The minimum atomic E-state index is 0.181. The Kier molecular flexibility index (Phi) is 4.04. The van der Waals surface area contributed by atoms with Crippen molar-refractivity contribution in [3.8, 4) is 23.2 Å². The molecule has 24 heavy (non-hydrogen) atoms. The second-order valence-electron chi connectivity index (χ2n) is 5.63. The maximum Gasteiger partial charge on any atom is 0.222 e. The van der Waals surface area contributed by atoms with E-state index in [9.17, 15) is 0 Å². The molecule has 2 N–H and O–H groups in total. The quantitative estimate of drug-likeness (QED) is 0.792. The normalized spacial score (nSPS) is 11.0. The number of nitrogens with two attached hydrogens (primary N) is 1. The fraction of sp³-hybridized carbons (Fsp3) is 0.294. The molecule has 3 heterocycles. The highest BCUT2D eigenvalue weighted by Crippen LogP contribution is 2.32. The molecule has 3 rings (SSSR count). The van der Waals surface area contributed by atoms with E-state index in [2.05, 4.69) is 21.1 Å². The van der Waals surface area contributed by atoms with Gasteiger partial charge in [-0.25, -0.2) is 9.97 Å². The number of nitriles is 1. The number of hydrogen-bond donors (Lipinski definition) is 1. The molecule has 122 valence electrons. The largest absolute Gasteiger partial charge is 0.477 e. The van der Waals surface area contributed by atoms with Gasteiger partial charge in [0.05, 0.1) is 35.3 Å². The fourth-order valence-corrected chi connectivity index (χ4v) is 2.57. The Labute approximate surface area is 139 Å². The van der Waals surface area contributed by atoms with Crippen LogP contribution in [0.25, 0.3) is 22.3 Å². The summed E-state index contributed by atoms with van der Waals surface area (Å²) < 4.78 is 7.41. The van der Waals surface area contributed by atoms with Crippen LogP contribution >= 0.6 is 0 Å². The number of hydrogen-bond acceptors (Lipinski definition) is 6. The van der Waals surface area contributed by atoms with E-state index >= 15 is 0 Å². The Morgan fingerprint density at radius 2 is 2.12 bits per heavy atom. The van der Waals surface area contributed by atoms with E-state index in [0.29, 0.717) is 40.5 Å². The van der Waals surface area contributed by atoms with Gasteiger partial charge in [-0.15, -0.1) is 0 Å². The van der Waals surface area contributed by atoms with Gasteiger partial charge < -0.3 is 10.5 Å². The molecule has 0 aliphatic rings. The van der Waals surface area contributed by atoms with Gasteiger partial charge in [-0.2, -0.15) is 10.4 Å². The summed E-state index contributed by atoms with van der Waals surface area (Å²) >= 11 is 0. The molecule has 0 aromatic carbocycles.